The molecule has 3 rings (SSSR count). The zero-order chi connectivity index (χ0) is 18.7. The van der Waals surface area contributed by atoms with Gasteiger partial charge < -0.3 is 10.1 Å². The van der Waals surface area contributed by atoms with E-state index in [0.29, 0.717) is 32.8 Å². The predicted molar refractivity (Wildman–Crippen MR) is 106 cm³/mol. The molecule has 0 bridgehead atoms. The van der Waals surface area contributed by atoms with Crippen molar-refractivity contribution >= 4 is 51.4 Å². The third-order valence-corrected chi connectivity index (χ3v) is 6.06. The molecule has 0 aliphatic heterocycles. The Kier molecular flexibility index (Phi) is 6.22. The Bertz CT molecular complexity index is 848. The van der Waals surface area contributed by atoms with E-state index in [1.165, 1.54) is 16.2 Å². The minimum absolute atomic E-state index is 0.112. The van der Waals surface area contributed by atoms with E-state index in [2.05, 4.69) is 5.32 Å². The monoisotopic (exact) mass is 411 g/mol. The van der Waals surface area contributed by atoms with E-state index in [-0.39, 0.29) is 18.3 Å². The summed E-state index contributed by atoms with van der Waals surface area (Å²) in [4.78, 5) is 26.1. The van der Waals surface area contributed by atoms with Crippen molar-refractivity contribution in [3.05, 3.63) is 49.8 Å². The molecule has 2 aromatic rings. The number of hydrogen-bond donors (Lipinski definition) is 1. The fourth-order valence-corrected chi connectivity index (χ4v) is 4.85. The second-order valence-corrected chi connectivity index (χ2v) is 8.04. The topological polar surface area (TPSA) is 55.4 Å². The number of thiophene rings is 1. The average Bonchev–Trinajstić information content (AvgIpc) is 2.95. The van der Waals surface area contributed by atoms with Gasteiger partial charge in [0.05, 0.1) is 18.6 Å². The number of halogens is 2. The van der Waals surface area contributed by atoms with Crippen LogP contribution < -0.4 is 5.32 Å². The first-order chi connectivity index (χ1) is 12.5. The molecule has 0 fully saturated rings. The van der Waals surface area contributed by atoms with E-state index in [4.69, 9.17) is 27.9 Å². The Labute approximate surface area is 166 Å². The van der Waals surface area contributed by atoms with Crippen LogP contribution in [0.2, 0.25) is 10.0 Å². The number of amides is 1. The summed E-state index contributed by atoms with van der Waals surface area (Å²) in [7, 11) is 0. The van der Waals surface area contributed by atoms with Gasteiger partial charge in [0.25, 0.3) is 0 Å². The van der Waals surface area contributed by atoms with Gasteiger partial charge in [-0.25, -0.2) is 4.79 Å². The fourth-order valence-electron chi connectivity index (χ4n) is 3.08. The number of nitrogens with one attached hydrogen (secondary N) is 1. The van der Waals surface area contributed by atoms with Gasteiger partial charge in [0.15, 0.2) is 0 Å². The van der Waals surface area contributed by atoms with E-state index in [9.17, 15) is 9.59 Å². The van der Waals surface area contributed by atoms with Crippen molar-refractivity contribution < 1.29 is 14.3 Å². The van der Waals surface area contributed by atoms with Gasteiger partial charge in [-0.1, -0.05) is 29.3 Å². The summed E-state index contributed by atoms with van der Waals surface area (Å²) in [5.41, 5.74) is 2.23. The van der Waals surface area contributed by atoms with Crippen molar-refractivity contribution in [3.8, 4) is 0 Å². The molecule has 0 radical (unpaired) electrons. The Morgan fingerprint density at radius 3 is 2.73 bits per heavy atom. The second kappa shape index (κ2) is 8.42. The molecule has 0 spiro atoms. The van der Waals surface area contributed by atoms with Crippen molar-refractivity contribution in [2.75, 3.05) is 11.9 Å². The molecule has 4 nitrogen and oxygen atoms in total. The Morgan fingerprint density at radius 2 is 2.00 bits per heavy atom. The van der Waals surface area contributed by atoms with Crippen molar-refractivity contribution in [1.82, 2.24) is 0 Å². The molecule has 138 valence electrons. The van der Waals surface area contributed by atoms with Crippen LogP contribution in [0.15, 0.2) is 18.2 Å². The summed E-state index contributed by atoms with van der Waals surface area (Å²) in [6, 6.07) is 5.04. The summed E-state index contributed by atoms with van der Waals surface area (Å²) in [6.07, 6.45) is 4.04. The molecule has 1 aliphatic carbocycles. The molecule has 1 amide bonds. The maximum absolute atomic E-state index is 12.5. The molecule has 1 aliphatic rings. The summed E-state index contributed by atoms with van der Waals surface area (Å²) in [5.74, 6) is -0.593. The van der Waals surface area contributed by atoms with Crippen LogP contribution in [0, 0.1) is 0 Å². The largest absolute Gasteiger partial charge is 0.462 e. The van der Waals surface area contributed by atoms with Gasteiger partial charge in [-0.2, -0.15) is 0 Å². The van der Waals surface area contributed by atoms with Gasteiger partial charge in [0, 0.05) is 14.9 Å². The van der Waals surface area contributed by atoms with Crippen LogP contribution in [0.4, 0.5) is 5.00 Å². The number of carbonyl (C=O) groups is 2. The molecule has 0 saturated carbocycles. The lowest BCUT2D eigenvalue weighted by Gasteiger charge is -2.12. The van der Waals surface area contributed by atoms with E-state index in [1.54, 1.807) is 25.1 Å². The second-order valence-electron chi connectivity index (χ2n) is 6.10. The van der Waals surface area contributed by atoms with Gasteiger partial charge >= 0.3 is 5.97 Å². The highest BCUT2D eigenvalue weighted by Gasteiger charge is 2.27. The van der Waals surface area contributed by atoms with Gasteiger partial charge in [-0.05, 0) is 55.9 Å². The number of hydrogen-bond acceptors (Lipinski definition) is 4. The molecule has 26 heavy (non-hydrogen) atoms. The standard InChI is InChI=1S/C19H19Cl2NO3S/c1-2-25-19(24)17-13-5-3-4-6-15(13)26-18(17)22-16(23)9-11-7-8-12(20)10-14(11)21/h7-8,10H,2-6,9H2,1H3,(H,22,23). The maximum atomic E-state index is 12.5. The summed E-state index contributed by atoms with van der Waals surface area (Å²) < 4.78 is 5.21. The predicted octanol–water partition coefficient (Wildman–Crippen LogP) is 5.29. The Hall–Kier alpha value is -1.56. The fraction of sp³-hybridized carbons (Fsp3) is 0.368. The third-order valence-electron chi connectivity index (χ3n) is 4.27. The normalized spacial score (nSPS) is 13.2. The molecule has 1 heterocycles. The van der Waals surface area contributed by atoms with Gasteiger partial charge in [0.2, 0.25) is 5.91 Å². The van der Waals surface area contributed by atoms with E-state index >= 15 is 0 Å². The lowest BCUT2D eigenvalue weighted by atomic mass is 9.95. The lowest BCUT2D eigenvalue weighted by Crippen LogP contribution is -2.17. The number of fused-ring (bicyclic) bond motifs is 1. The number of anilines is 1. The van der Waals surface area contributed by atoms with Crippen molar-refractivity contribution in [2.24, 2.45) is 0 Å². The summed E-state index contributed by atoms with van der Waals surface area (Å²) in [5, 5.41) is 4.43. The number of rotatable bonds is 5. The molecule has 1 aromatic heterocycles. The van der Waals surface area contributed by atoms with Crippen LogP contribution in [0.3, 0.4) is 0 Å². The zero-order valence-corrected chi connectivity index (χ0v) is 16.7. The molecule has 1 aromatic carbocycles. The molecule has 7 heteroatoms. The average molecular weight is 412 g/mol. The van der Waals surface area contributed by atoms with Crippen LogP contribution in [0.25, 0.3) is 0 Å². The number of ether oxygens (including phenoxy) is 1. The van der Waals surface area contributed by atoms with Gasteiger partial charge in [-0.15, -0.1) is 11.3 Å². The highest BCUT2D eigenvalue weighted by Crippen LogP contribution is 2.38. The highest BCUT2D eigenvalue weighted by atomic mass is 35.5. The quantitative estimate of drug-likeness (QED) is 0.679. The number of carbonyl (C=O) groups excluding carboxylic acids is 2. The van der Waals surface area contributed by atoms with Crippen LogP contribution in [0.5, 0.6) is 0 Å². The van der Waals surface area contributed by atoms with Gasteiger partial charge in [-0.3, -0.25) is 4.79 Å². The first kappa shape index (κ1) is 19.2. The first-order valence-corrected chi connectivity index (χ1v) is 10.1. The summed E-state index contributed by atoms with van der Waals surface area (Å²) >= 11 is 13.5. The minimum atomic E-state index is -0.369. The molecular formula is C19H19Cl2NO3S. The lowest BCUT2D eigenvalue weighted by molar-refractivity contribution is -0.115. The van der Waals surface area contributed by atoms with Crippen molar-refractivity contribution in [3.63, 3.8) is 0 Å². The first-order valence-electron chi connectivity index (χ1n) is 8.55. The smallest absolute Gasteiger partial charge is 0.341 e. The number of benzene rings is 1. The highest BCUT2D eigenvalue weighted by molar-refractivity contribution is 7.17. The van der Waals surface area contributed by atoms with Crippen molar-refractivity contribution in [1.29, 1.82) is 0 Å². The van der Waals surface area contributed by atoms with Crippen molar-refractivity contribution in [2.45, 2.75) is 39.0 Å². The zero-order valence-electron chi connectivity index (χ0n) is 14.4. The van der Waals surface area contributed by atoms with Gasteiger partial charge in [0.1, 0.15) is 5.00 Å². The van der Waals surface area contributed by atoms with Crippen LogP contribution in [-0.2, 0) is 28.8 Å². The number of esters is 1. The minimum Gasteiger partial charge on any atom is -0.462 e. The Balaban J connectivity index is 1.83. The SMILES string of the molecule is CCOC(=O)c1c(NC(=O)Cc2ccc(Cl)cc2Cl)sc2c1CCCC2. The molecule has 0 unspecified atom stereocenters. The van der Waals surface area contributed by atoms with E-state index < -0.39 is 0 Å². The molecule has 0 atom stereocenters. The molecule has 0 saturated heterocycles. The van der Waals surface area contributed by atoms with E-state index in [0.717, 1.165) is 31.2 Å². The molecule has 1 N–H and O–H groups in total. The Morgan fingerprint density at radius 1 is 1.23 bits per heavy atom. The number of aryl methyl sites for hydroxylation is 1. The summed E-state index contributed by atoms with van der Waals surface area (Å²) in [6.45, 7) is 2.08. The van der Waals surface area contributed by atoms with Crippen LogP contribution in [0.1, 0.15) is 46.1 Å². The van der Waals surface area contributed by atoms with E-state index in [1.807, 2.05) is 0 Å². The van der Waals surface area contributed by atoms with Crippen LogP contribution in [-0.4, -0.2) is 18.5 Å². The maximum Gasteiger partial charge on any atom is 0.341 e. The third kappa shape index (κ3) is 4.22. The molecular weight excluding hydrogens is 393 g/mol. The van der Waals surface area contributed by atoms with Crippen LogP contribution >= 0.6 is 34.5 Å².